The minimum Gasteiger partial charge on any atom is -0.496 e. The fourth-order valence-corrected chi connectivity index (χ4v) is 3.24. The van der Waals surface area contributed by atoms with Gasteiger partial charge in [0.25, 0.3) is 0 Å². The van der Waals surface area contributed by atoms with Crippen LogP contribution in [0.2, 0.25) is 0 Å². The molecule has 1 atom stereocenters. The molecule has 118 valence electrons. The lowest BCUT2D eigenvalue weighted by molar-refractivity contribution is 0.210. The van der Waals surface area contributed by atoms with Crippen LogP contribution in [0.1, 0.15) is 44.2 Å². The largest absolute Gasteiger partial charge is 0.496 e. The van der Waals surface area contributed by atoms with Crippen molar-refractivity contribution in [3.05, 3.63) is 29.8 Å². The van der Waals surface area contributed by atoms with Crippen LogP contribution in [0, 0.1) is 5.92 Å². The standard InChI is InChI=1S/C18H30N2O/c1-4-17(16-7-5-6-8-18(16)21-3)19-12-9-15-10-13-20(2)14-11-15/h5-8,15,17,19H,4,9-14H2,1-3H3. The fourth-order valence-electron chi connectivity index (χ4n) is 3.24. The second-order valence-corrected chi connectivity index (χ2v) is 6.19. The third-order valence-corrected chi connectivity index (χ3v) is 4.70. The summed E-state index contributed by atoms with van der Waals surface area (Å²) in [7, 11) is 3.98. The van der Waals surface area contributed by atoms with Crippen LogP contribution in [0.15, 0.2) is 24.3 Å². The van der Waals surface area contributed by atoms with E-state index >= 15 is 0 Å². The number of methoxy groups -OCH3 is 1. The molecule has 0 bridgehead atoms. The van der Waals surface area contributed by atoms with Crippen LogP contribution in [-0.2, 0) is 0 Å². The summed E-state index contributed by atoms with van der Waals surface area (Å²) in [5, 5.41) is 3.73. The minimum atomic E-state index is 0.396. The molecule has 1 aromatic rings. The van der Waals surface area contributed by atoms with Crippen LogP contribution < -0.4 is 10.1 Å². The van der Waals surface area contributed by atoms with Gasteiger partial charge in [-0.3, -0.25) is 0 Å². The summed E-state index contributed by atoms with van der Waals surface area (Å²) in [6.45, 7) is 5.85. The number of hydrogen-bond donors (Lipinski definition) is 1. The molecule has 0 aromatic heterocycles. The zero-order chi connectivity index (χ0) is 15.1. The summed E-state index contributed by atoms with van der Waals surface area (Å²) in [6.07, 6.45) is 5.08. The van der Waals surface area contributed by atoms with Crippen molar-refractivity contribution in [3.63, 3.8) is 0 Å². The highest BCUT2D eigenvalue weighted by atomic mass is 16.5. The first-order valence-corrected chi connectivity index (χ1v) is 8.29. The van der Waals surface area contributed by atoms with Crippen molar-refractivity contribution in [2.45, 2.75) is 38.6 Å². The van der Waals surface area contributed by atoms with E-state index in [-0.39, 0.29) is 0 Å². The molecule has 21 heavy (non-hydrogen) atoms. The first-order chi connectivity index (χ1) is 10.2. The predicted octanol–water partition coefficient (Wildman–Crippen LogP) is 3.47. The van der Waals surface area contributed by atoms with Crippen LogP contribution in [0.3, 0.4) is 0 Å². The Morgan fingerprint density at radius 1 is 1.29 bits per heavy atom. The summed E-state index contributed by atoms with van der Waals surface area (Å²) in [5.41, 5.74) is 1.28. The normalized spacial score (nSPS) is 18.6. The predicted molar refractivity (Wildman–Crippen MR) is 88.9 cm³/mol. The number of nitrogens with one attached hydrogen (secondary N) is 1. The van der Waals surface area contributed by atoms with Gasteiger partial charge >= 0.3 is 0 Å². The molecule has 1 aliphatic heterocycles. The van der Waals surface area contributed by atoms with Gasteiger partial charge in [0.05, 0.1) is 7.11 Å². The first kappa shape index (κ1) is 16.3. The molecule has 1 aromatic carbocycles. The zero-order valence-corrected chi connectivity index (χ0v) is 13.8. The van der Waals surface area contributed by atoms with Gasteiger partial charge in [0, 0.05) is 11.6 Å². The van der Waals surface area contributed by atoms with Gasteiger partial charge < -0.3 is 15.0 Å². The Hall–Kier alpha value is -1.06. The third-order valence-electron chi connectivity index (χ3n) is 4.70. The van der Waals surface area contributed by atoms with Gasteiger partial charge in [-0.05, 0) is 64.3 Å². The summed E-state index contributed by atoms with van der Waals surface area (Å²) in [6, 6.07) is 8.76. The summed E-state index contributed by atoms with van der Waals surface area (Å²) < 4.78 is 5.49. The maximum Gasteiger partial charge on any atom is 0.123 e. The summed E-state index contributed by atoms with van der Waals surface area (Å²) in [4.78, 5) is 2.44. The Labute approximate surface area is 129 Å². The Kier molecular flexibility index (Phi) is 6.52. The van der Waals surface area contributed by atoms with Crippen molar-refractivity contribution in [1.82, 2.24) is 10.2 Å². The number of likely N-dealkylation sites (tertiary alicyclic amines) is 1. The molecular weight excluding hydrogens is 260 g/mol. The molecule has 1 aliphatic rings. The van der Waals surface area contributed by atoms with Gasteiger partial charge in [0.1, 0.15) is 5.75 Å². The molecule has 1 unspecified atom stereocenters. The molecule has 0 aliphatic carbocycles. The number of nitrogens with zero attached hydrogens (tertiary/aromatic N) is 1. The second-order valence-electron chi connectivity index (χ2n) is 6.19. The molecule has 3 nitrogen and oxygen atoms in total. The second kappa shape index (κ2) is 8.40. The van der Waals surface area contributed by atoms with Crippen molar-refractivity contribution in [2.24, 2.45) is 5.92 Å². The zero-order valence-electron chi connectivity index (χ0n) is 13.8. The van der Waals surface area contributed by atoms with Crippen LogP contribution in [-0.4, -0.2) is 38.7 Å². The number of rotatable bonds is 7. The maximum absolute atomic E-state index is 5.49. The van der Waals surface area contributed by atoms with Crippen LogP contribution in [0.4, 0.5) is 0 Å². The quantitative estimate of drug-likeness (QED) is 0.832. The lowest BCUT2D eigenvalue weighted by Gasteiger charge is -2.29. The van der Waals surface area contributed by atoms with Crippen molar-refractivity contribution in [2.75, 3.05) is 33.8 Å². The highest BCUT2D eigenvalue weighted by molar-refractivity contribution is 5.35. The average Bonchev–Trinajstić information content (AvgIpc) is 2.53. The van der Waals surface area contributed by atoms with Crippen LogP contribution >= 0.6 is 0 Å². The first-order valence-electron chi connectivity index (χ1n) is 8.29. The number of piperidine rings is 1. The Balaban J connectivity index is 1.82. The van der Waals surface area contributed by atoms with Crippen molar-refractivity contribution in [1.29, 1.82) is 0 Å². The van der Waals surface area contributed by atoms with E-state index in [1.165, 1.54) is 37.9 Å². The fraction of sp³-hybridized carbons (Fsp3) is 0.667. The van der Waals surface area contributed by atoms with Gasteiger partial charge in [0.15, 0.2) is 0 Å². The van der Waals surface area contributed by atoms with Crippen molar-refractivity contribution >= 4 is 0 Å². The minimum absolute atomic E-state index is 0.396. The Bertz CT molecular complexity index is 413. The molecule has 0 amide bonds. The van der Waals surface area contributed by atoms with Gasteiger partial charge in [-0.2, -0.15) is 0 Å². The molecular formula is C18H30N2O. The van der Waals surface area contributed by atoms with Gasteiger partial charge in [-0.15, -0.1) is 0 Å². The molecule has 0 spiro atoms. The lowest BCUT2D eigenvalue weighted by atomic mass is 9.93. The van der Waals surface area contributed by atoms with Gasteiger partial charge in [-0.1, -0.05) is 25.1 Å². The molecule has 1 heterocycles. The summed E-state index contributed by atoms with van der Waals surface area (Å²) in [5.74, 6) is 1.89. The third kappa shape index (κ3) is 4.72. The molecule has 0 saturated carbocycles. The lowest BCUT2D eigenvalue weighted by Crippen LogP contribution is -2.32. The molecule has 3 heteroatoms. The number of benzene rings is 1. The van der Waals surface area contributed by atoms with Crippen molar-refractivity contribution < 1.29 is 4.74 Å². The number of ether oxygens (including phenoxy) is 1. The van der Waals surface area contributed by atoms with E-state index in [0.29, 0.717) is 6.04 Å². The Morgan fingerprint density at radius 2 is 2.00 bits per heavy atom. The SMILES string of the molecule is CCC(NCCC1CCN(C)CC1)c1ccccc1OC. The van der Waals surface area contributed by atoms with Gasteiger partial charge in [0.2, 0.25) is 0 Å². The number of hydrogen-bond acceptors (Lipinski definition) is 3. The molecule has 2 rings (SSSR count). The molecule has 1 N–H and O–H groups in total. The van der Waals surface area contributed by atoms with E-state index in [1.54, 1.807) is 7.11 Å². The van der Waals surface area contributed by atoms with Crippen LogP contribution in [0.5, 0.6) is 5.75 Å². The van der Waals surface area contributed by atoms with Crippen LogP contribution in [0.25, 0.3) is 0 Å². The highest BCUT2D eigenvalue weighted by Crippen LogP contribution is 2.27. The van der Waals surface area contributed by atoms with E-state index in [4.69, 9.17) is 4.74 Å². The average molecular weight is 290 g/mol. The van der Waals surface area contributed by atoms with E-state index < -0.39 is 0 Å². The topological polar surface area (TPSA) is 24.5 Å². The van der Waals surface area contributed by atoms with E-state index in [1.807, 2.05) is 6.07 Å². The van der Waals surface area contributed by atoms with Crippen molar-refractivity contribution in [3.8, 4) is 5.75 Å². The van der Waals surface area contributed by atoms with E-state index in [0.717, 1.165) is 24.6 Å². The molecule has 1 saturated heterocycles. The molecule has 0 radical (unpaired) electrons. The number of para-hydroxylation sites is 1. The maximum atomic E-state index is 5.49. The highest BCUT2D eigenvalue weighted by Gasteiger charge is 2.18. The van der Waals surface area contributed by atoms with Gasteiger partial charge in [-0.25, -0.2) is 0 Å². The van der Waals surface area contributed by atoms with E-state index in [9.17, 15) is 0 Å². The smallest absolute Gasteiger partial charge is 0.123 e. The molecule has 1 fully saturated rings. The van der Waals surface area contributed by atoms with E-state index in [2.05, 4.69) is 42.4 Å². The summed E-state index contributed by atoms with van der Waals surface area (Å²) >= 11 is 0. The Morgan fingerprint density at radius 3 is 2.67 bits per heavy atom. The monoisotopic (exact) mass is 290 g/mol.